The van der Waals surface area contributed by atoms with Crippen molar-refractivity contribution in [2.45, 2.75) is 26.4 Å². The number of phenols is 1. The lowest BCUT2D eigenvalue weighted by molar-refractivity contribution is 0.472. The Labute approximate surface area is 119 Å². The van der Waals surface area contributed by atoms with Crippen LogP contribution in [-0.2, 0) is 13.6 Å². The lowest BCUT2D eigenvalue weighted by atomic mass is 10.1. The van der Waals surface area contributed by atoms with Crippen LogP contribution < -0.4 is 5.32 Å². The second-order valence-corrected chi connectivity index (χ2v) is 5.01. The normalized spacial score (nSPS) is 12.1. The van der Waals surface area contributed by atoms with E-state index < -0.39 is 0 Å². The van der Waals surface area contributed by atoms with Gasteiger partial charge in [-0.2, -0.15) is 5.26 Å². The van der Waals surface area contributed by atoms with Gasteiger partial charge in [-0.1, -0.05) is 12.1 Å². The van der Waals surface area contributed by atoms with Crippen LogP contribution in [0, 0.1) is 18.3 Å². The summed E-state index contributed by atoms with van der Waals surface area (Å²) in [6.07, 6.45) is 0. The molecule has 0 saturated heterocycles. The molecule has 0 spiro atoms. The molecule has 20 heavy (non-hydrogen) atoms. The van der Waals surface area contributed by atoms with E-state index in [2.05, 4.69) is 18.3 Å². The number of nitrogens with one attached hydrogen (secondary N) is 1. The number of nitrogens with zero attached hydrogens (tertiary/aromatic N) is 2. The van der Waals surface area contributed by atoms with Gasteiger partial charge in [-0.25, -0.2) is 0 Å². The molecule has 0 aliphatic heterocycles. The number of hydrogen-bond donors (Lipinski definition) is 2. The zero-order valence-electron chi connectivity index (χ0n) is 12.0. The summed E-state index contributed by atoms with van der Waals surface area (Å²) >= 11 is 0. The van der Waals surface area contributed by atoms with E-state index in [0.29, 0.717) is 12.2 Å². The number of hydrogen-bond acceptors (Lipinski definition) is 3. The summed E-state index contributed by atoms with van der Waals surface area (Å²) in [6, 6.07) is 11.5. The number of benzene rings is 1. The van der Waals surface area contributed by atoms with Crippen LogP contribution in [0.4, 0.5) is 0 Å². The summed E-state index contributed by atoms with van der Waals surface area (Å²) in [4.78, 5) is 0. The van der Waals surface area contributed by atoms with Gasteiger partial charge in [-0.15, -0.1) is 0 Å². The van der Waals surface area contributed by atoms with Crippen molar-refractivity contribution in [1.82, 2.24) is 9.88 Å². The van der Waals surface area contributed by atoms with Crippen LogP contribution in [-0.4, -0.2) is 9.67 Å². The number of nitriles is 1. The highest BCUT2D eigenvalue weighted by molar-refractivity contribution is 5.34. The largest absolute Gasteiger partial charge is 0.508 e. The molecule has 0 amide bonds. The maximum atomic E-state index is 9.50. The third kappa shape index (κ3) is 2.84. The van der Waals surface area contributed by atoms with Crippen LogP contribution in [0.2, 0.25) is 0 Å². The molecule has 2 aromatic rings. The van der Waals surface area contributed by atoms with E-state index in [1.165, 1.54) is 0 Å². The molecule has 1 unspecified atom stereocenters. The van der Waals surface area contributed by atoms with Gasteiger partial charge in [-0.05, 0) is 43.2 Å². The summed E-state index contributed by atoms with van der Waals surface area (Å²) in [5, 5.41) is 21.9. The highest BCUT2D eigenvalue weighted by atomic mass is 16.3. The molecule has 0 aliphatic rings. The fraction of sp³-hybridized carbons (Fsp3) is 0.312. The first-order chi connectivity index (χ1) is 9.52. The number of aromatic nitrogens is 1. The van der Waals surface area contributed by atoms with E-state index >= 15 is 0 Å². The average molecular weight is 269 g/mol. The van der Waals surface area contributed by atoms with Crippen molar-refractivity contribution < 1.29 is 5.11 Å². The van der Waals surface area contributed by atoms with Gasteiger partial charge in [0, 0.05) is 25.3 Å². The van der Waals surface area contributed by atoms with Gasteiger partial charge in [0.25, 0.3) is 0 Å². The maximum Gasteiger partial charge on any atom is 0.120 e. The fourth-order valence-electron chi connectivity index (χ4n) is 2.22. The summed E-state index contributed by atoms with van der Waals surface area (Å²) in [5.74, 6) is 0.277. The monoisotopic (exact) mass is 269 g/mol. The zero-order valence-corrected chi connectivity index (χ0v) is 12.0. The predicted octanol–water partition coefficient (Wildman–Crippen LogP) is 2.76. The lowest BCUT2D eigenvalue weighted by Gasteiger charge is -2.14. The van der Waals surface area contributed by atoms with E-state index in [1.54, 1.807) is 12.1 Å². The average Bonchev–Trinajstić information content (AvgIpc) is 2.72. The molecule has 4 nitrogen and oxygen atoms in total. The van der Waals surface area contributed by atoms with Gasteiger partial charge in [-0.3, -0.25) is 0 Å². The van der Waals surface area contributed by atoms with Crippen molar-refractivity contribution >= 4 is 0 Å². The highest BCUT2D eigenvalue weighted by Crippen LogP contribution is 2.19. The number of phenolic OH excluding ortho intramolecular Hbond substituents is 1. The second kappa shape index (κ2) is 5.81. The standard InChI is InChI=1S/C16H19N3O/c1-11(13-5-4-6-16(20)8-13)18-10-14-7-15(9-17)19(3)12(14)2/h4-8,11,18,20H,10H2,1-3H3. The van der Waals surface area contributed by atoms with E-state index in [9.17, 15) is 5.11 Å². The van der Waals surface area contributed by atoms with Crippen molar-refractivity contribution in [1.29, 1.82) is 5.26 Å². The Balaban J connectivity index is 2.07. The Morgan fingerprint density at radius 2 is 2.15 bits per heavy atom. The molecule has 0 radical (unpaired) electrons. The van der Waals surface area contributed by atoms with Crippen LogP contribution in [0.5, 0.6) is 5.75 Å². The Bertz CT molecular complexity index is 652. The molecular weight excluding hydrogens is 250 g/mol. The summed E-state index contributed by atoms with van der Waals surface area (Å²) in [5.41, 5.74) is 3.93. The SMILES string of the molecule is Cc1c(CNC(C)c2cccc(O)c2)cc(C#N)n1C. The number of aromatic hydroxyl groups is 1. The predicted molar refractivity (Wildman–Crippen MR) is 78.2 cm³/mol. The summed E-state index contributed by atoms with van der Waals surface area (Å²) in [7, 11) is 1.90. The Morgan fingerprint density at radius 3 is 2.75 bits per heavy atom. The van der Waals surface area contributed by atoms with Gasteiger partial charge >= 0.3 is 0 Å². The van der Waals surface area contributed by atoms with Crippen LogP contribution >= 0.6 is 0 Å². The van der Waals surface area contributed by atoms with Gasteiger partial charge in [0.15, 0.2) is 0 Å². The van der Waals surface area contributed by atoms with E-state index in [-0.39, 0.29) is 11.8 Å². The lowest BCUT2D eigenvalue weighted by Crippen LogP contribution is -2.18. The van der Waals surface area contributed by atoms with Crippen LogP contribution in [0.15, 0.2) is 30.3 Å². The van der Waals surface area contributed by atoms with Crippen LogP contribution in [0.1, 0.15) is 35.5 Å². The van der Waals surface area contributed by atoms with Gasteiger partial charge in [0.05, 0.1) is 0 Å². The van der Waals surface area contributed by atoms with Crippen molar-refractivity contribution in [3.8, 4) is 11.8 Å². The smallest absolute Gasteiger partial charge is 0.120 e. The quantitative estimate of drug-likeness (QED) is 0.897. The minimum absolute atomic E-state index is 0.132. The molecule has 1 heterocycles. The van der Waals surface area contributed by atoms with Gasteiger partial charge in [0.2, 0.25) is 0 Å². The van der Waals surface area contributed by atoms with Crippen molar-refractivity contribution in [2.75, 3.05) is 0 Å². The molecule has 1 aromatic heterocycles. The molecule has 0 saturated carbocycles. The van der Waals surface area contributed by atoms with Crippen LogP contribution in [0.25, 0.3) is 0 Å². The topological polar surface area (TPSA) is 61.0 Å². The van der Waals surface area contributed by atoms with E-state index in [4.69, 9.17) is 5.26 Å². The third-order valence-corrected chi connectivity index (χ3v) is 3.72. The molecule has 0 aliphatic carbocycles. The molecule has 0 fully saturated rings. The maximum absolute atomic E-state index is 9.50. The first-order valence-corrected chi connectivity index (χ1v) is 6.60. The van der Waals surface area contributed by atoms with Gasteiger partial charge < -0.3 is 15.0 Å². The zero-order chi connectivity index (χ0) is 14.7. The van der Waals surface area contributed by atoms with Crippen molar-refractivity contribution in [3.05, 3.63) is 52.8 Å². The van der Waals surface area contributed by atoms with Crippen molar-refractivity contribution in [2.24, 2.45) is 7.05 Å². The third-order valence-electron chi connectivity index (χ3n) is 3.72. The number of rotatable bonds is 4. The Morgan fingerprint density at radius 1 is 1.40 bits per heavy atom. The second-order valence-electron chi connectivity index (χ2n) is 5.01. The minimum atomic E-state index is 0.132. The summed E-state index contributed by atoms with van der Waals surface area (Å²) < 4.78 is 1.90. The first-order valence-electron chi connectivity index (χ1n) is 6.60. The fourth-order valence-corrected chi connectivity index (χ4v) is 2.22. The molecule has 2 N–H and O–H groups in total. The first kappa shape index (κ1) is 14.2. The summed E-state index contributed by atoms with van der Waals surface area (Å²) in [6.45, 7) is 4.76. The van der Waals surface area contributed by atoms with Crippen molar-refractivity contribution in [3.63, 3.8) is 0 Å². The van der Waals surface area contributed by atoms with E-state index in [1.807, 2.05) is 36.7 Å². The molecule has 1 aromatic carbocycles. The Kier molecular flexibility index (Phi) is 4.11. The molecular formula is C16H19N3O. The van der Waals surface area contributed by atoms with E-state index in [0.717, 1.165) is 16.8 Å². The molecule has 2 rings (SSSR count). The minimum Gasteiger partial charge on any atom is -0.508 e. The molecule has 1 atom stereocenters. The van der Waals surface area contributed by atoms with Gasteiger partial charge in [0.1, 0.15) is 17.5 Å². The van der Waals surface area contributed by atoms with Crippen LogP contribution in [0.3, 0.4) is 0 Å². The molecule has 104 valence electrons. The molecule has 4 heteroatoms. The highest BCUT2D eigenvalue weighted by Gasteiger charge is 2.10. The molecule has 0 bridgehead atoms. The Hall–Kier alpha value is -2.25.